The first-order valence-electron chi connectivity index (χ1n) is 6.06. The second kappa shape index (κ2) is 5.09. The maximum absolute atomic E-state index is 12.1. The van der Waals surface area contributed by atoms with Crippen LogP contribution in [0, 0.1) is 6.92 Å². The van der Waals surface area contributed by atoms with E-state index in [-0.39, 0.29) is 11.7 Å². The summed E-state index contributed by atoms with van der Waals surface area (Å²) in [6, 6.07) is 12.7. The highest BCUT2D eigenvalue weighted by Crippen LogP contribution is 2.20. The van der Waals surface area contributed by atoms with E-state index < -0.39 is 0 Å². The number of hydrogen-bond acceptors (Lipinski definition) is 3. The maximum Gasteiger partial charge on any atom is 0.291 e. The zero-order valence-electron chi connectivity index (χ0n) is 10.7. The smallest absolute Gasteiger partial charge is 0.291 e. The number of benzene rings is 1. The third-order valence-corrected chi connectivity index (χ3v) is 3.37. The van der Waals surface area contributed by atoms with Gasteiger partial charge >= 0.3 is 0 Å². The molecule has 5 heteroatoms. The van der Waals surface area contributed by atoms with Crippen molar-refractivity contribution < 1.29 is 9.21 Å². The van der Waals surface area contributed by atoms with Crippen molar-refractivity contribution in [1.29, 1.82) is 0 Å². The molecule has 0 unspecified atom stereocenters. The molecular formula is C15H11BrN2O2. The van der Waals surface area contributed by atoms with E-state index in [0.29, 0.717) is 16.8 Å². The summed E-state index contributed by atoms with van der Waals surface area (Å²) in [4.78, 5) is 16.4. The zero-order valence-corrected chi connectivity index (χ0v) is 12.3. The first-order chi connectivity index (χ1) is 9.61. The quantitative estimate of drug-likeness (QED) is 0.767. The number of nitrogens with zero attached hydrogens (tertiary/aromatic N) is 1. The predicted octanol–water partition coefficient (Wildman–Crippen LogP) is 4.15. The first kappa shape index (κ1) is 12.9. The van der Waals surface area contributed by atoms with E-state index in [2.05, 4.69) is 26.2 Å². The summed E-state index contributed by atoms with van der Waals surface area (Å²) in [5, 5.41) is 2.78. The molecular weight excluding hydrogens is 320 g/mol. The van der Waals surface area contributed by atoms with E-state index in [1.165, 1.54) is 0 Å². The summed E-state index contributed by atoms with van der Waals surface area (Å²) in [7, 11) is 0. The molecule has 3 rings (SSSR count). The number of aromatic nitrogens is 1. The SMILES string of the molecule is Cc1ccc2oc(C(=O)Nc3ccc(Br)cc3)cc2n1. The van der Waals surface area contributed by atoms with Crippen molar-refractivity contribution in [2.24, 2.45) is 0 Å². The van der Waals surface area contributed by atoms with Crippen molar-refractivity contribution in [2.45, 2.75) is 6.92 Å². The lowest BCUT2D eigenvalue weighted by Crippen LogP contribution is -2.10. The van der Waals surface area contributed by atoms with Gasteiger partial charge in [0.05, 0.1) is 0 Å². The van der Waals surface area contributed by atoms with Crippen molar-refractivity contribution in [3.8, 4) is 0 Å². The van der Waals surface area contributed by atoms with E-state index >= 15 is 0 Å². The minimum absolute atomic E-state index is 0.251. The van der Waals surface area contributed by atoms with E-state index in [9.17, 15) is 4.79 Å². The summed E-state index contributed by atoms with van der Waals surface area (Å²) < 4.78 is 6.45. The Hall–Kier alpha value is -2.14. The highest BCUT2D eigenvalue weighted by molar-refractivity contribution is 9.10. The Morgan fingerprint density at radius 2 is 1.95 bits per heavy atom. The Kier molecular flexibility index (Phi) is 3.28. The average molecular weight is 331 g/mol. The van der Waals surface area contributed by atoms with Crippen LogP contribution in [0.15, 0.2) is 51.4 Å². The van der Waals surface area contributed by atoms with Crippen LogP contribution in [-0.2, 0) is 0 Å². The molecule has 0 aliphatic carbocycles. The van der Waals surface area contributed by atoms with Gasteiger partial charge in [-0.1, -0.05) is 15.9 Å². The molecule has 1 aromatic carbocycles. The average Bonchev–Trinajstić information content (AvgIpc) is 2.84. The topological polar surface area (TPSA) is 55.1 Å². The second-order valence-corrected chi connectivity index (χ2v) is 5.32. The van der Waals surface area contributed by atoms with Gasteiger partial charge in [0.1, 0.15) is 5.52 Å². The van der Waals surface area contributed by atoms with Crippen LogP contribution in [-0.4, -0.2) is 10.9 Å². The van der Waals surface area contributed by atoms with Crippen LogP contribution in [0.1, 0.15) is 16.2 Å². The predicted molar refractivity (Wildman–Crippen MR) is 80.8 cm³/mol. The molecule has 1 amide bonds. The number of fused-ring (bicyclic) bond motifs is 1. The number of hydrogen-bond donors (Lipinski definition) is 1. The molecule has 20 heavy (non-hydrogen) atoms. The Morgan fingerprint density at radius 3 is 2.70 bits per heavy atom. The maximum atomic E-state index is 12.1. The van der Waals surface area contributed by atoms with Crippen LogP contribution in [0.4, 0.5) is 5.69 Å². The van der Waals surface area contributed by atoms with Gasteiger partial charge < -0.3 is 9.73 Å². The van der Waals surface area contributed by atoms with Gasteiger partial charge in [-0.3, -0.25) is 4.79 Å². The molecule has 3 aromatic rings. The van der Waals surface area contributed by atoms with Gasteiger partial charge in [-0.15, -0.1) is 0 Å². The largest absolute Gasteiger partial charge is 0.449 e. The van der Waals surface area contributed by atoms with Crippen LogP contribution in [0.5, 0.6) is 0 Å². The monoisotopic (exact) mass is 330 g/mol. The number of pyridine rings is 1. The summed E-state index contributed by atoms with van der Waals surface area (Å²) in [6.07, 6.45) is 0. The number of carbonyl (C=O) groups excluding carboxylic acids is 1. The van der Waals surface area contributed by atoms with Gasteiger partial charge in [-0.2, -0.15) is 0 Å². The lowest BCUT2D eigenvalue weighted by Gasteiger charge is -2.02. The van der Waals surface area contributed by atoms with Crippen LogP contribution < -0.4 is 5.32 Å². The lowest BCUT2D eigenvalue weighted by atomic mass is 10.3. The number of carbonyl (C=O) groups is 1. The second-order valence-electron chi connectivity index (χ2n) is 4.41. The van der Waals surface area contributed by atoms with Crippen molar-refractivity contribution >= 4 is 38.6 Å². The highest BCUT2D eigenvalue weighted by Gasteiger charge is 2.13. The minimum Gasteiger partial charge on any atom is -0.449 e. The lowest BCUT2D eigenvalue weighted by molar-refractivity contribution is 0.0998. The van der Waals surface area contributed by atoms with Gasteiger partial charge in [0, 0.05) is 21.9 Å². The minimum atomic E-state index is -0.289. The third kappa shape index (κ3) is 2.58. The Balaban J connectivity index is 1.86. The molecule has 2 heterocycles. The fraction of sp³-hybridized carbons (Fsp3) is 0.0667. The molecule has 0 saturated heterocycles. The highest BCUT2D eigenvalue weighted by atomic mass is 79.9. The van der Waals surface area contributed by atoms with Gasteiger partial charge in [0.25, 0.3) is 5.91 Å². The van der Waals surface area contributed by atoms with Crippen molar-refractivity contribution in [3.05, 3.63) is 58.4 Å². The van der Waals surface area contributed by atoms with E-state index in [1.54, 1.807) is 6.07 Å². The molecule has 0 aliphatic rings. The molecule has 0 radical (unpaired) electrons. The van der Waals surface area contributed by atoms with E-state index in [4.69, 9.17) is 4.42 Å². The molecule has 4 nitrogen and oxygen atoms in total. The standard InChI is InChI=1S/C15H11BrN2O2/c1-9-2-7-13-12(17-9)8-14(20-13)15(19)18-11-5-3-10(16)4-6-11/h2-8H,1H3,(H,18,19). The number of furan rings is 1. The van der Waals surface area contributed by atoms with Crippen LogP contribution in [0.25, 0.3) is 11.1 Å². The van der Waals surface area contributed by atoms with Crippen molar-refractivity contribution in [2.75, 3.05) is 5.32 Å². The first-order valence-corrected chi connectivity index (χ1v) is 6.85. The number of amides is 1. The van der Waals surface area contributed by atoms with Crippen molar-refractivity contribution in [3.63, 3.8) is 0 Å². The summed E-state index contributed by atoms with van der Waals surface area (Å²) in [6.45, 7) is 1.90. The summed E-state index contributed by atoms with van der Waals surface area (Å²) in [5.41, 5.74) is 2.89. The number of anilines is 1. The van der Waals surface area contributed by atoms with Crippen LogP contribution in [0.3, 0.4) is 0 Å². The van der Waals surface area contributed by atoms with Gasteiger partial charge in [-0.05, 0) is 43.3 Å². The van der Waals surface area contributed by atoms with Crippen LogP contribution in [0.2, 0.25) is 0 Å². The molecule has 0 spiro atoms. The number of rotatable bonds is 2. The Labute approximate surface area is 123 Å². The molecule has 0 aliphatic heterocycles. The third-order valence-electron chi connectivity index (χ3n) is 2.84. The van der Waals surface area contributed by atoms with Gasteiger partial charge in [-0.25, -0.2) is 4.98 Å². The van der Waals surface area contributed by atoms with Gasteiger partial charge in [0.15, 0.2) is 11.3 Å². The van der Waals surface area contributed by atoms with Gasteiger partial charge in [0.2, 0.25) is 0 Å². The Bertz CT molecular complexity index is 778. The number of aryl methyl sites for hydroxylation is 1. The molecule has 0 saturated carbocycles. The molecule has 0 atom stereocenters. The summed E-state index contributed by atoms with van der Waals surface area (Å²) in [5.74, 6) is -0.0380. The molecule has 0 fully saturated rings. The zero-order chi connectivity index (χ0) is 14.1. The fourth-order valence-corrected chi connectivity index (χ4v) is 2.13. The summed E-state index contributed by atoms with van der Waals surface area (Å²) >= 11 is 3.35. The van der Waals surface area contributed by atoms with E-state index in [0.717, 1.165) is 10.2 Å². The molecule has 0 bridgehead atoms. The Morgan fingerprint density at radius 1 is 1.20 bits per heavy atom. The van der Waals surface area contributed by atoms with Crippen molar-refractivity contribution in [1.82, 2.24) is 4.98 Å². The molecule has 2 aromatic heterocycles. The number of halogens is 1. The fourth-order valence-electron chi connectivity index (χ4n) is 1.86. The van der Waals surface area contributed by atoms with Crippen LogP contribution >= 0.6 is 15.9 Å². The normalized spacial score (nSPS) is 10.7. The number of nitrogens with one attached hydrogen (secondary N) is 1. The molecule has 1 N–H and O–H groups in total. The molecule has 100 valence electrons. The van der Waals surface area contributed by atoms with E-state index in [1.807, 2.05) is 43.3 Å².